The second-order valence-corrected chi connectivity index (χ2v) is 4.82. The van der Waals surface area contributed by atoms with Crippen LogP contribution in [0.1, 0.15) is 30.4 Å². The molecule has 1 N–H and O–H groups in total. The van der Waals surface area contributed by atoms with E-state index in [0.29, 0.717) is 6.61 Å². The predicted molar refractivity (Wildman–Crippen MR) is 71.0 cm³/mol. The summed E-state index contributed by atoms with van der Waals surface area (Å²) in [5.41, 5.74) is 1.71. The number of nitrogens with zero attached hydrogens (tertiary/aromatic N) is 1. The molecule has 0 aromatic heterocycles. The molecule has 0 saturated carbocycles. The maximum absolute atomic E-state index is 8.96. The Morgan fingerprint density at radius 2 is 2.28 bits per heavy atom. The van der Waals surface area contributed by atoms with E-state index >= 15 is 0 Å². The van der Waals surface area contributed by atoms with Crippen molar-refractivity contribution >= 4 is 0 Å². The normalized spacial score (nSPS) is 19.4. The Bertz CT molecular complexity index is 405. The third-order valence-corrected chi connectivity index (χ3v) is 3.46. The molecule has 0 radical (unpaired) electrons. The van der Waals surface area contributed by atoms with E-state index in [4.69, 9.17) is 10.00 Å². The first-order valence-electron chi connectivity index (χ1n) is 6.66. The molecule has 1 fully saturated rings. The van der Waals surface area contributed by atoms with Crippen LogP contribution in [0.15, 0.2) is 24.3 Å². The van der Waals surface area contributed by atoms with Crippen molar-refractivity contribution in [1.82, 2.24) is 5.32 Å². The van der Waals surface area contributed by atoms with E-state index in [1.807, 2.05) is 24.3 Å². The molecule has 3 heteroatoms. The number of hydrogen-bond acceptors (Lipinski definition) is 3. The Kier molecular flexibility index (Phi) is 5.19. The summed E-state index contributed by atoms with van der Waals surface area (Å²) in [6.45, 7) is 3.61. The minimum Gasteiger partial charge on any atom is -0.377 e. The summed E-state index contributed by atoms with van der Waals surface area (Å²) >= 11 is 0. The molecule has 1 saturated heterocycles. The van der Waals surface area contributed by atoms with Crippen LogP contribution in [-0.2, 0) is 11.3 Å². The number of hydrogen-bond donors (Lipinski definition) is 1. The van der Waals surface area contributed by atoms with Gasteiger partial charge in [-0.1, -0.05) is 18.2 Å². The van der Waals surface area contributed by atoms with Gasteiger partial charge in [0.1, 0.15) is 0 Å². The molecule has 0 aliphatic carbocycles. The lowest BCUT2D eigenvalue weighted by molar-refractivity contribution is 0.103. The minimum absolute atomic E-state index is 0.546. The number of rotatable bonds is 5. The lowest BCUT2D eigenvalue weighted by Crippen LogP contribution is -2.30. The molecule has 96 valence electrons. The van der Waals surface area contributed by atoms with Crippen LogP contribution in [0.2, 0.25) is 0 Å². The van der Waals surface area contributed by atoms with E-state index in [-0.39, 0.29) is 0 Å². The van der Waals surface area contributed by atoms with Crippen molar-refractivity contribution in [2.24, 2.45) is 5.92 Å². The van der Waals surface area contributed by atoms with Gasteiger partial charge < -0.3 is 10.1 Å². The van der Waals surface area contributed by atoms with Crippen molar-refractivity contribution in [2.45, 2.75) is 25.9 Å². The van der Waals surface area contributed by atoms with Gasteiger partial charge in [-0.25, -0.2) is 0 Å². The van der Waals surface area contributed by atoms with E-state index in [1.165, 1.54) is 12.8 Å². The average molecular weight is 244 g/mol. The first-order chi connectivity index (χ1) is 8.90. The van der Waals surface area contributed by atoms with Crippen molar-refractivity contribution in [3.8, 4) is 6.07 Å². The largest absolute Gasteiger partial charge is 0.377 e. The lowest BCUT2D eigenvalue weighted by Gasteiger charge is -2.22. The Balaban J connectivity index is 1.70. The molecule has 18 heavy (non-hydrogen) atoms. The van der Waals surface area contributed by atoms with Gasteiger partial charge in [0.25, 0.3) is 0 Å². The summed E-state index contributed by atoms with van der Waals surface area (Å²) in [7, 11) is 0. The highest BCUT2D eigenvalue weighted by Gasteiger charge is 2.12. The first kappa shape index (κ1) is 13.1. The van der Waals surface area contributed by atoms with Gasteiger partial charge in [0.05, 0.1) is 18.2 Å². The molecule has 1 heterocycles. The van der Waals surface area contributed by atoms with Gasteiger partial charge in [0, 0.05) is 6.61 Å². The molecular weight excluding hydrogens is 224 g/mol. The first-order valence-corrected chi connectivity index (χ1v) is 6.66. The van der Waals surface area contributed by atoms with Crippen LogP contribution in [0, 0.1) is 17.2 Å². The molecule has 0 bridgehead atoms. The van der Waals surface area contributed by atoms with E-state index < -0.39 is 0 Å². The molecule has 1 atom stereocenters. The third-order valence-electron chi connectivity index (χ3n) is 3.46. The Hall–Kier alpha value is -1.37. The highest BCUT2D eigenvalue weighted by molar-refractivity contribution is 5.36. The molecule has 1 aromatic carbocycles. The highest BCUT2D eigenvalue weighted by Crippen LogP contribution is 2.15. The summed E-state index contributed by atoms with van der Waals surface area (Å²) in [5.74, 6) is 0.755. The van der Waals surface area contributed by atoms with Gasteiger partial charge >= 0.3 is 0 Å². The number of ether oxygens (including phenoxy) is 1. The van der Waals surface area contributed by atoms with E-state index in [1.54, 1.807) is 0 Å². The summed E-state index contributed by atoms with van der Waals surface area (Å²) in [6, 6.07) is 9.83. The summed E-state index contributed by atoms with van der Waals surface area (Å²) in [5, 5.41) is 12.4. The van der Waals surface area contributed by atoms with E-state index in [9.17, 15) is 0 Å². The standard InChI is InChI=1S/C15H20N2O/c16-10-14-5-1-2-6-15(14)12-18-9-7-13-4-3-8-17-11-13/h1-2,5-6,13,17H,3-4,7-9,11-12H2. The van der Waals surface area contributed by atoms with Crippen molar-refractivity contribution in [1.29, 1.82) is 5.26 Å². The second kappa shape index (κ2) is 7.15. The fourth-order valence-electron chi connectivity index (χ4n) is 2.36. The number of nitriles is 1. The Labute approximate surface area is 109 Å². The molecule has 0 amide bonds. The maximum Gasteiger partial charge on any atom is 0.0995 e. The molecule has 3 nitrogen and oxygen atoms in total. The molecule has 0 spiro atoms. The number of nitrogens with one attached hydrogen (secondary N) is 1. The van der Waals surface area contributed by atoms with Crippen LogP contribution < -0.4 is 5.32 Å². The van der Waals surface area contributed by atoms with Crippen LogP contribution in [0.25, 0.3) is 0 Å². The second-order valence-electron chi connectivity index (χ2n) is 4.82. The topological polar surface area (TPSA) is 45.0 Å². The average Bonchev–Trinajstić information content (AvgIpc) is 2.45. The van der Waals surface area contributed by atoms with Crippen molar-refractivity contribution < 1.29 is 4.74 Å². The van der Waals surface area contributed by atoms with Crippen LogP contribution >= 0.6 is 0 Å². The van der Waals surface area contributed by atoms with Crippen LogP contribution in [0.4, 0.5) is 0 Å². The van der Waals surface area contributed by atoms with Crippen LogP contribution in [0.5, 0.6) is 0 Å². The lowest BCUT2D eigenvalue weighted by atomic mass is 9.97. The Morgan fingerprint density at radius 1 is 1.39 bits per heavy atom. The minimum atomic E-state index is 0.546. The summed E-state index contributed by atoms with van der Waals surface area (Å²) < 4.78 is 5.69. The van der Waals surface area contributed by atoms with Gasteiger partial charge in [-0.05, 0) is 49.9 Å². The van der Waals surface area contributed by atoms with E-state index in [2.05, 4.69) is 11.4 Å². The van der Waals surface area contributed by atoms with E-state index in [0.717, 1.165) is 43.2 Å². The van der Waals surface area contributed by atoms with Crippen molar-refractivity contribution in [3.05, 3.63) is 35.4 Å². The molecule has 1 aliphatic heterocycles. The molecule has 1 aromatic rings. The van der Waals surface area contributed by atoms with Crippen LogP contribution in [0.3, 0.4) is 0 Å². The Morgan fingerprint density at radius 3 is 3.06 bits per heavy atom. The summed E-state index contributed by atoms with van der Waals surface area (Å²) in [4.78, 5) is 0. The highest BCUT2D eigenvalue weighted by atomic mass is 16.5. The fraction of sp³-hybridized carbons (Fsp3) is 0.533. The smallest absolute Gasteiger partial charge is 0.0995 e. The van der Waals surface area contributed by atoms with Gasteiger partial charge in [0.2, 0.25) is 0 Å². The quantitative estimate of drug-likeness (QED) is 0.809. The SMILES string of the molecule is N#Cc1ccccc1COCCC1CCCNC1. The summed E-state index contributed by atoms with van der Waals surface area (Å²) in [6.07, 6.45) is 3.70. The zero-order valence-corrected chi connectivity index (χ0v) is 10.7. The van der Waals surface area contributed by atoms with Gasteiger partial charge in [0.15, 0.2) is 0 Å². The molecular formula is C15H20N2O. The maximum atomic E-state index is 8.96. The monoisotopic (exact) mass is 244 g/mol. The predicted octanol–water partition coefficient (Wildman–Crippen LogP) is 2.46. The molecule has 1 unspecified atom stereocenters. The zero-order valence-electron chi connectivity index (χ0n) is 10.7. The number of piperidine rings is 1. The fourth-order valence-corrected chi connectivity index (χ4v) is 2.36. The van der Waals surface area contributed by atoms with Gasteiger partial charge in [-0.3, -0.25) is 0 Å². The molecule has 1 aliphatic rings. The van der Waals surface area contributed by atoms with Crippen molar-refractivity contribution in [3.63, 3.8) is 0 Å². The van der Waals surface area contributed by atoms with Crippen LogP contribution in [-0.4, -0.2) is 19.7 Å². The zero-order chi connectivity index (χ0) is 12.6. The number of benzene rings is 1. The van der Waals surface area contributed by atoms with Gasteiger partial charge in [-0.2, -0.15) is 5.26 Å². The third kappa shape index (κ3) is 3.83. The van der Waals surface area contributed by atoms with Crippen molar-refractivity contribution in [2.75, 3.05) is 19.7 Å². The molecule has 2 rings (SSSR count). The van der Waals surface area contributed by atoms with Gasteiger partial charge in [-0.15, -0.1) is 0 Å².